The zero-order chi connectivity index (χ0) is 13.5. The van der Waals surface area contributed by atoms with Gasteiger partial charge >= 0.3 is 0 Å². The topological polar surface area (TPSA) is 99.1 Å². The van der Waals surface area contributed by atoms with Crippen molar-refractivity contribution >= 4 is 17.6 Å². The Morgan fingerprint density at radius 3 is 2.72 bits per heavy atom. The lowest BCUT2D eigenvalue weighted by molar-refractivity contribution is -0.542. The highest BCUT2D eigenvalue weighted by Crippen LogP contribution is 2.24. The van der Waals surface area contributed by atoms with Gasteiger partial charge in [-0.3, -0.25) is 10.1 Å². The average Bonchev–Trinajstić information content (AvgIpc) is 2.37. The SMILES string of the molecule is CC[N+](=O)CCNc1cccc([N+](=O)[O-])c1C=N. The number of anilines is 1. The highest BCUT2D eigenvalue weighted by Gasteiger charge is 2.15. The summed E-state index contributed by atoms with van der Waals surface area (Å²) in [5.41, 5.74) is 0.588. The van der Waals surface area contributed by atoms with Crippen molar-refractivity contribution in [3.8, 4) is 0 Å². The predicted molar refractivity (Wildman–Crippen MR) is 68.5 cm³/mol. The molecule has 0 aromatic heterocycles. The molecule has 0 radical (unpaired) electrons. The molecule has 0 aliphatic heterocycles. The third kappa shape index (κ3) is 3.34. The largest absolute Gasteiger partial charge is 0.378 e. The smallest absolute Gasteiger partial charge is 0.280 e. The van der Waals surface area contributed by atoms with E-state index in [9.17, 15) is 15.0 Å². The van der Waals surface area contributed by atoms with Crippen LogP contribution in [0.15, 0.2) is 18.2 Å². The molecule has 0 atom stereocenters. The van der Waals surface area contributed by atoms with Crippen molar-refractivity contribution in [3.05, 3.63) is 38.8 Å². The molecule has 0 saturated carbocycles. The maximum absolute atomic E-state index is 11.1. The van der Waals surface area contributed by atoms with Gasteiger partial charge in [0.05, 0.1) is 22.7 Å². The van der Waals surface area contributed by atoms with Crippen molar-refractivity contribution in [3.63, 3.8) is 0 Å². The predicted octanol–water partition coefficient (Wildman–Crippen LogP) is 1.80. The molecule has 0 unspecified atom stereocenters. The third-order valence-electron chi connectivity index (χ3n) is 2.45. The first-order valence-corrected chi connectivity index (χ1v) is 5.54. The van der Waals surface area contributed by atoms with Crippen LogP contribution in [0, 0.1) is 20.4 Å². The molecule has 7 nitrogen and oxygen atoms in total. The first kappa shape index (κ1) is 13.8. The Kier molecular flexibility index (Phi) is 4.91. The van der Waals surface area contributed by atoms with Gasteiger partial charge in [0, 0.05) is 17.2 Å². The normalized spacial score (nSPS) is 9.83. The van der Waals surface area contributed by atoms with E-state index in [4.69, 9.17) is 5.41 Å². The molecule has 0 amide bonds. The van der Waals surface area contributed by atoms with Crippen LogP contribution < -0.4 is 5.32 Å². The van der Waals surface area contributed by atoms with Gasteiger partial charge in [-0.25, -0.2) is 0 Å². The van der Waals surface area contributed by atoms with Crippen LogP contribution in [0.1, 0.15) is 12.5 Å². The van der Waals surface area contributed by atoms with E-state index in [-0.39, 0.29) is 17.8 Å². The number of nitro benzene ring substituents is 1. The van der Waals surface area contributed by atoms with Gasteiger partial charge in [0.15, 0.2) is 6.54 Å². The van der Waals surface area contributed by atoms with Crippen LogP contribution in [0.2, 0.25) is 0 Å². The van der Waals surface area contributed by atoms with Crippen LogP contribution in [-0.4, -0.2) is 35.5 Å². The highest BCUT2D eigenvalue weighted by atomic mass is 16.6. The maximum atomic E-state index is 11.1. The number of rotatable bonds is 7. The molecule has 1 rings (SSSR count). The third-order valence-corrected chi connectivity index (χ3v) is 2.45. The maximum Gasteiger partial charge on any atom is 0.280 e. The van der Waals surface area contributed by atoms with E-state index in [1.807, 2.05) is 0 Å². The van der Waals surface area contributed by atoms with Crippen molar-refractivity contribution in [2.75, 3.05) is 25.0 Å². The summed E-state index contributed by atoms with van der Waals surface area (Å²) in [4.78, 5) is 21.3. The molecule has 2 N–H and O–H groups in total. The number of hydrogen-bond donors (Lipinski definition) is 2. The Morgan fingerprint density at radius 1 is 1.44 bits per heavy atom. The summed E-state index contributed by atoms with van der Waals surface area (Å²) in [6.45, 7) is 2.81. The zero-order valence-corrected chi connectivity index (χ0v) is 10.0. The molecular formula is C11H15N4O3+. The van der Waals surface area contributed by atoms with E-state index in [0.717, 1.165) is 11.0 Å². The van der Waals surface area contributed by atoms with Gasteiger partial charge in [-0.1, -0.05) is 6.07 Å². The molecule has 18 heavy (non-hydrogen) atoms. The van der Waals surface area contributed by atoms with E-state index in [2.05, 4.69) is 5.32 Å². The summed E-state index contributed by atoms with van der Waals surface area (Å²) >= 11 is 0. The van der Waals surface area contributed by atoms with Crippen LogP contribution >= 0.6 is 0 Å². The summed E-state index contributed by atoms with van der Waals surface area (Å²) in [7, 11) is 0. The Bertz CT molecular complexity index is 473. The fourth-order valence-electron chi connectivity index (χ4n) is 1.49. The summed E-state index contributed by atoms with van der Waals surface area (Å²) in [6, 6.07) is 4.54. The van der Waals surface area contributed by atoms with Crippen LogP contribution in [-0.2, 0) is 0 Å². The quantitative estimate of drug-likeness (QED) is 0.334. The lowest BCUT2D eigenvalue weighted by Gasteiger charge is -2.07. The van der Waals surface area contributed by atoms with E-state index in [1.54, 1.807) is 19.1 Å². The lowest BCUT2D eigenvalue weighted by atomic mass is 10.1. The zero-order valence-electron chi connectivity index (χ0n) is 10.0. The molecule has 0 fully saturated rings. The standard InChI is InChI=1S/C11H15N4O3/c1-2-14(16)7-6-13-10-4-3-5-11(15(17)18)9(10)8-12/h3-5,8,12-13H,2,6-7H2,1H3/q+1. The average molecular weight is 251 g/mol. The van der Waals surface area contributed by atoms with Gasteiger partial charge in [0.25, 0.3) is 5.69 Å². The molecule has 7 heteroatoms. The summed E-state index contributed by atoms with van der Waals surface area (Å²) in [5, 5.41) is 20.9. The van der Waals surface area contributed by atoms with Crippen molar-refractivity contribution < 1.29 is 9.68 Å². The number of likely N-dealkylation sites (N-methyl/N-ethyl adjacent to an activating group) is 1. The molecular weight excluding hydrogens is 236 g/mol. The second-order valence-corrected chi connectivity index (χ2v) is 3.59. The number of nitrogens with one attached hydrogen (secondary N) is 2. The second-order valence-electron chi connectivity index (χ2n) is 3.59. The van der Waals surface area contributed by atoms with Gasteiger partial charge in [-0.05, 0) is 17.8 Å². The Balaban J connectivity index is 2.82. The number of nitro groups is 1. The number of hydrogen-bond acceptors (Lipinski definition) is 5. The number of nitrogens with zero attached hydrogens (tertiary/aromatic N) is 2. The summed E-state index contributed by atoms with van der Waals surface area (Å²) in [6.07, 6.45) is 0.940. The van der Waals surface area contributed by atoms with Crippen LogP contribution in [0.5, 0.6) is 0 Å². The molecule has 0 heterocycles. The number of nitroso groups, excluding NO2 is 1. The molecule has 0 bridgehead atoms. The van der Waals surface area contributed by atoms with Crippen molar-refractivity contribution in [2.24, 2.45) is 0 Å². The summed E-state index contributed by atoms with van der Waals surface area (Å²) < 4.78 is 0.883. The summed E-state index contributed by atoms with van der Waals surface area (Å²) in [5.74, 6) is 0. The molecule has 1 aromatic rings. The van der Waals surface area contributed by atoms with Crippen LogP contribution in [0.3, 0.4) is 0 Å². The first-order valence-electron chi connectivity index (χ1n) is 5.54. The van der Waals surface area contributed by atoms with Crippen molar-refractivity contribution in [1.29, 1.82) is 5.41 Å². The van der Waals surface area contributed by atoms with Gasteiger partial charge < -0.3 is 10.7 Å². The number of benzene rings is 1. The Morgan fingerprint density at radius 2 is 2.17 bits per heavy atom. The molecule has 96 valence electrons. The van der Waals surface area contributed by atoms with E-state index in [1.165, 1.54) is 6.07 Å². The van der Waals surface area contributed by atoms with Crippen LogP contribution in [0.4, 0.5) is 11.4 Å². The molecule has 0 aliphatic rings. The van der Waals surface area contributed by atoms with Gasteiger partial charge in [-0.15, -0.1) is 0 Å². The second kappa shape index (κ2) is 6.43. The van der Waals surface area contributed by atoms with Gasteiger partial charge in [-0.2, -0.15) is 0 Å². The van der Waals surface area contributed by atoms with E-state index in [0.29, 0.717) is 18.8 Å². The molecule has 0 aliphatic carbocycles. The Hall–Kier alpha value is -2.31. The van der Waals surface area contributed by atoms with Crippen molar-refractivity contribution in [2.45, 2.75) is 6.92 Å². The minimum Gasteiger partial charge on any atom is -0.378 e. The molecule has 1 aromatic carbocycles. The van der Waals surface area contributed by atoms with E-state index >= 15 is 0 Å². The fraction of sp³-hybridized carbons (Fsp3) is 0.364. The van der Waals surface area contributed by atoms with Gasteiger partial charge in [0.2, 0.25) is 6.54 Å². The minimum atomic E-state index is -0.530. The van der Waals surface area contributed by atoms with E-state index < -0.39 is 4.92 Å². The van der Waals surface area contributed by atoms with Gasteiger partial charge in [0.1, 0.15) is 0 Å². The molecule has 0 spiro atoms. The Labute approximate surface area is 104 Å². The molecule has 0 saturated heterocycles. The lowest BCUT2D eigenvalue weighted by Crippen LogP contribution is -2.18. The van der Waals surface area contributed by atoms with Crippen molar-refractivity contribution in [1.82, 2.24) is 0 Å². The fourth-order valence-corrected chi connectivity index (χ4v) is 1.49. The minimum absolute atomic E-state index is 0.121. The first-order chi connectivity index (χ1) is 8.60. The van der Waals surface area contributed by atoms with Crippen LogP contribution in [0.25, 0.3) is 0 Å². The monoisotopic (exact) mass is 251 g/mol. The highest BCUT2D eigenvalue weighted by molar-refractivity contribution is 5.91.